The Kier molecular flexibility index (Phi) is 3.92. The lowest BCUT2D eigenvalue weighted by Crippen LogP contribution is -2.24. The lowest BCUT2D eigenvalue weighted by molar-refractivity contribution is 0.603. The van der Waals surface area contributed by atoms with Crippen LogP contribution in [-0.2, 0) is 10.0 Å². The number of hydrogen-bond donors (Lipinski definition) is 1. The van der Waals surface area contributed by atoms with E-state index in [-0.39, 0.29) is 6.04 Å². The predicted molar refractivity (Wildman–Crippen MR) is 88.5 cm³/mol. The highest BCUT2D eigenvalue weighted by atomic mass is 79.9. The normalized spacial score (nSPS) is 23.8. The van der Waals surface area contributed by atoms with E-state index in [1.54, 1.807) is 6.07 Å². The van der Waals surface area contributed by atoms with E-state index in [0.29, 0.717) is 21.9 Å². The molecule has 0 bridgehead atoms. The Hall–Kier alpha value is -1.14. The number of nitrogens with one attached hydrogen (secondary N) is 1. The molecule has 112 valence electrons. The van der Waals surface area contributed by atoms with Crippen molar-refractivity contribution in [2.24, 2.45) is 4.99 Å². The third kappa shape index (κ3) is 2.92. The van der Waals surface area contributed by atoms with Crippen LogP contribution in [-0.4, -0.2) is 20.3 Å². The first-order valence-electron chi connectivity index (χ1n) is 7.05. The largest absolute Gasteiger partial charge is 0.264 e. The lowest BCUT2D eigenvalue weighted by Gasteiger charge is -2.05. The zero-order valence-corrected chi connectivity index (χ0v) is 14.2. The van der Waals surface area contributed by atoms with Gasteiger partial charge in [-0.15, -0.1) is 0 Å². The summed E-state index contributed by atoms with van der Waals surface area (Å²) in [6.45, 7) is 1.82. The van der Waals surface area contributed by atoms with Crippen LogP contribution < -0.4 is 4.72 Å². The monoisotopic (exact) mass is 368 g/mol. The summed E-state index contributed by atoms with van der Waals surface area (Å²) in [7, 11) is -3.52. The standard InChI is InChI=1S/C15H17BrN2O2S/c1-10-14(11-5-4-6-12(16)9-11)21(19,20)18-15(10)17-13-7-2-3-8-13/h4-6,9,13H,2-3,7-8H2,1H3,(H,17,18). The Morgan fingerprint density at radius 1 is 1.29 bits per heavy atom. The van der Waals surface area contributed by atoms with Gasteiger partial charge in [-0.05, 0) is 37.5 Å². The lowest BCUT2D eigenvalue weighted by atomic mass is 10.1. The third-order valence-corrected chi connectivity index (χ3v) is 5.95. The number of sulfonamides is 1. The fourth-order valence-corrected chi connectivity index (χ4v) is 4.80. The van der Waals surface area contributed by atoms with Crippen molar-refractivity contribution in [1.29, 1.82) is 0 Å². The molecule has 0 unspecified atom stereocenters. The molecule has 21 heavy (non-hydrogen) atoms. The van der Waals surface area contributed by atoms with Gasteiger partial charge in [-0.2, -0.15) is 0 Å². The Morgan fingerprint density at radius 3 is 2.67 bits per heavy atom. The average Bonchev–Trinajstić information content (AvgIpc) is 2.97. The smallest absolute Gasteiger partial charge is 0.264 e. The van der Waals surface area contributed by atoms with Crippen LogP contribution in [0.2, 0.25) is 0 Å². The van der Waals surface area contributed by atoms with E-state index in [4.69, 9.17) is 0 Å². The molecule has 1 aromatic rings. The highest BCUT2D eigenvalue weighted by Gasteiger charge is 2.33. The fourth-order valence-electron chi connectivity index (χ4n) is 2.90. The van der Waals surface area contributed by atoms with Crippen molar-refractivity contribution >= 4 is 36.7 Å². The fraction of sp³-hybridized carbons (Fsp3) is 0.400. The Morgan fingerprint density at radius 2 is 2.00 bits per heavy atom. The number of hydrogen-bond acceptors (Lipinski definition) is 3. The van der Waals surface area contributed by atoms with E-state index in [1.165, 1.54) is 12.8 Å². The summed E-state index contributed by atoms with van der Waals surface area (Å²) in [5.41, 5.74) is 1.39. The Balaban J connectivity index is 2.05. The van der Waals surface area contributed by atoms with Gasteiger partial charge in [0.2, 0.25) is 0 Å². The molecule has 1 saturated carbocycles. The molecule has 4 nitrogen and oxygen atoms in total. The van der Waals surface area contributed by atoms with Crippen LogP contribution in [0.25, 0.3) is 4.91 Å². The number of benzene rings is 1. The van der Waals surface area contributed by atoms with E-state index >= 15 is 0 Å². The summed E-state index contributed by atoms with van der Waals surface area (Å²) in [5, 5.41) is 0. The zero-order chi connectivity index (χ0) is 15.0. The van der Waals surface area contributed by atoms with Gasteiger partial charge in [-0.1, -0.05) is 40.9 Å². The first-order valence-corrected chi connectivity index (χ1v) is 9.33. The Bertz CT molecular complexity index is 732. The molecule has 0 amide bonds. The van der Waals surface area contributed by atoms with Crippen LogP contribution >= 0.6 is 15.9 Å². The molecule has 0 aromatic heterocycles. The van der Waals surface area contributed by atoms with Crippen LogP contribution in [0.3, 0.4) is 0 Å². The SMILES string of the molecule is CC1=C(c2cccc(Br)c2)S(=O)(=O)NC1=NC1CCCC1. The van der Waals surface area contributed by atoms with Crippen LogP contribution in [0.1, 0.15) is 38.2 Å². The van der Waals surface area contributed by atoms with Gasteiger partial charge in [-0.25, -0.2) is 8.42 Å². The van der Waals surface area contributed by atoms with Crippen molar-refractivity contribution in [3.63, 3.8) is 0 Å². The van der Waals surface area contributed by atoms with Gasteiger partial charge in [-0.3, -0.25) is 9.71 Å². The van der Waals surface area contributed by atoms with Crippen LogP contribution in [0.4, 0.5) is 0 Å². The van der Waals surface area contributed by atoms with Gasteiger partial charge < -0.3 is 0 Å². The predicted octanol–water partition coefficient (Wildman–Crippen LogP) is 3.45. The number of amidine groups is 1. The van der Waals surface area contributed by atoms with E-state index < -0.39 is 10.0 Å². The van der Waals surface area contributed by atoms with Crippen molar-refractivity contribution in [3.05, 3.63) is 39.9 Å². The molecule has 1 aromatic carbocycles. The van der Waals surface area contributed by atoms with Crippen molar-refractivity contribution in [3.8, 4) is 0 Å². The number of rotatable bonds is 2. The molecular weight excluding hydrogens is 352 g/mol. The molecule has 0 spiro atoms. The first-order chi connectivity index (χ1) is 9.97. The summed E-state index contributed by atoms with van der Waals surface area (Å²) < 4.78 is 28.3. The molecule has 1 heterocycles. The summed E-state index contributed by atoms with van der Waals surface area (Å²) in [5.74, 6) is 0.511. The summed E-state index contributed by atoms with van der Waals surface area (Å²) in [6.07, 6.45) is 4.44. The second kappa shape index (κ2) is 5.57. The topological polar surface area (TPSA) is 58.5 Å². The van der Waals surface area contributed by atoms with Crippen molar-refractivity contribution < 1.29 is 8.42 Å². The van der Waals surface area contributed by atoms with E-state index in [0.717, 1.165) is 17.3 Å². The second-order valence-corrected chi connectivity index (χ2v) is 8.02. The summed E-state index contributed by atoms with van der Waals surface area (Å²) in [4.78, 5) is 4.94. The minimum absolute atomic E-state index is 0.250. The number of nitrogens with zero attached hydrogens (tertiary/aromatic N) is 1. The molecule has 0 radical (unpaired) electrons. The minimum Gasteiger partial charge on any atom is -0.264 e. The minimum atomic E-state index is -3.52. The highest BCUT2D eigenvalue weighted by Crippen LogP contribution is 2.32. The molecule has 1 aliphatic heterocycles. The molecule has 1 N–H and O–H groups in total. The molecule has 2 aliphatic rings. The first kappa shape index (κ1) is 14.8. The van der Waals surface area contributed by atoms with Gasteiger partial charge in [0.05, 0.1) is 6.04 Å². The maximum Gasteiger partial charge on any atom is 0.264 e. The van der Waals surface area contributed by atoms with Gasteiger partial charge in [0.25, 0.3) is 10.0 Å². The van der Waals surface area contributed by atoms with Crippen LogP contribution in [0.5, 0.6) is 0 Å². The van der Waals surface area contributed by atoms with Crippen molar-refractivity contribution in [1.82, 2.24) is 4.72 Å². The molecule has 0 saturated heterocycles. The van der Waals surface area contributed by atoms with Crippen LogP contribution in [0.15, 0.2) is 39.3 Å². The maximum absolute atomic E-state index is 12.4. The molecule has 6 heteroatoms. The molecule has 3 rings (SSSR count). The quantitative estimate of drug-likeness (QED) is 0.868. The third-order valence-electron chi connectivity index (χ3n) is 3.92. The van der Waals surface area contributed by atoms with E-state index in [9.17, 15) is 8.42 Å². The molecule has 1 fully saturated rings. The number of halogens is 1. The van der Waals surface area contributed by atoms with Gasteiger partial charge in [0.1, 0.15) is 10.7 Å². The molecule has 1 aliphatic carbocycles. The van der Waals surface area contributed by atoms with Crippen LogP contribution in [0, 0.1) is 0 Å². The zero-order valence-electron chi connectivity index (χ0n) is 11.8. The van der Waals surface area contributed by atoms with Gasteiger partial charge >= 0.3 is 0 Å². The highest BCUT2D eigenvalue weighted by molar-refractivity contribution is 9.10. The average molecular weight is 369 g/mol. The summed E-state index contributed by atoms with van der Waals surface area (Å²) >= 11 is 3.38. The Labute approximate surface area is 133 Å². The number of aliphatic imine (C=N–C) groups is 1. The van der Waals surface area contributed by atoms with Gasteiger partial charge in [0.15, 0.2) is 0 Å². The van der Waals surface area contributed by atoms with Crippen molar-refractivity contribution in [2.45, 2.75) is 38.6 Å². The van der Waals surface area contributed by atoms with E-state index in [2.05, 4.69) is 25.6 Å². The van der Waals surface area contributed by atoms with E-state index in [1.807, 2.05) is 25.1 Å². The second-order valence-electron chi connectivity index (χ2n) is 5.49. The van der Waals surface area contributed by atoms with Gasteiger partial charge in [0, 0.05) is 10.0 Å². The van der Waals surface area contributed by atoms with Crippen molar-refractivity contribution in [2.75, 3.05) is 0 Å². The molecular formula is C15H17BrN2O2S. The maximum atomic E-state index is 12.4. The molecule has 0 atom stereocenters. The summed E-state index contributed by atoms with van der Waals surface area (Å²) in [6, 6.07) is 7.58.